The van der Waals surface area contributed by atoms with Crippen LogP contribution in [0.1, 0.15) is 24.2 Å². The van der Waals surface area contributed by atoms with Gasteiger partial charge in [0.1, 0.15) is 5.82 Å². The third-order valence-corrected chi connectivity index (χ3v) is 4.72. The van der Waals surface area contributed by atoms with E-state index >= 15 is 0 Å². The second-order valence-corrected chi connectivity index (χ2v) is 6.54. The van der Waals surface area contributed by atoms with Crippen molar-refractivity contribution >= 4 is 6.03 Å². The molecular weight excluding hydrogens is 300 g/mol. The Morgan fingerprint density at radius 1 is 1.33 bits per heavy atom. The van der Waals surface area contributed by atoms with E-state index in [4.69, 9.17) is 0 Å². The van der Waals surface area contributed by atoms with E-state index in [1.165, 1.54) is 5.56 Å². The molecule has 1 aromatic carbocycles. The molecule has 1 N–H and O–H groups in total. The number of hydrogen-bond donors (Lipinski definition) is 1. The topological polar surface area (TPSA) is 50.2 Å². The van der Waals surface area contributed by atoms with Gasteiger partial charge in [-0.3, -0.25) is 0 Å². The zero-order chi connectivity index (χ0) is 16.8. The number of nitrogens with one attached hydrogen (secondary N) is 1. The first-order valence-corrected chi connectivity index (χ1v) is 8.77. The molecule has 0 spiro atoms. The van der Waals surface area contributed by atoms with Gasteiger partial charge in [0.15, 0.2) is 0 Å². The Hall–Kier alpha value is -2.30. The van der Waals surface area contributed by atoms with E-state index in [1.54, 1.807) is 0 Å². The minimum absolute atomic E-state index is 0.0768. The molecule has 2 heterocycles. The van der Waals surface area contributed by atoms with Crippen LogP contribution in [0.2, 0.25) is 0 Å². The third-order valence-electron chi connectivity index (χ3n) is 4.72. The SMILES string of the molecule is Cc1nccn1CCCNC(=O)N1CC[C@@H](Cc2ccccc2)C1. The number of likely N-dealkylation sites (tertiary alicyclic amines) is 1. The second-order valence-electron chi connectivity index (χ2n) is 6.54. The van der Waals surface area contributed by atoms with E-state index in [1.807, 2.05) is 30.3 Å². The average Bonchev–Trinajstić information content (AvgIpc) is 3.22. The molecule has 1 aliphatic rings. The van der Waals surface area contributed by atoms with Crippen molar-refractivity contribution in [3.8, 4) is 0 Å². The summed E-state index contributed by atoms with van der Waals surface area (Å²) in [6.45, 7) is 5.32. The van der Waals surface area contributed by atoms with E-state index in [0.717, 1.165) is 44.7 Å². The number of imidazole rings is 1. The van der Waals surface area contributed by atoms with E-state index in [2.05, 4.69) is 39.1 Å². The minimum atomic E-state index is 0.0768. The van der Waals surface area contributed by atoms with Gasteiger partial charge < -0.3 is 14.8 Å². The number of rotatable bonds is 6. The van der Waals surface area contributed by atoms with Gasteiger partial charge >= 0.3 is 6.03 Å². The van der Waals surface area contributed by atoms with Crippen LogP contribution in [0.3, 0.4) is 0 Å². The van der Waals surface area contributed by atoms with Gasteiger partial charge in [0.05, 0.1) is 0 Å². The van der Waals surface area contributed by atoms with Crippen LogP contribution in [0, 0.1) is 12.8 Å². The fourth-order valence-corrected chi connectivity index (χ4v) is 3.33. The van der Waals surface area contributed by atoms with Gasteiger partial charge in [0.2, 0.25) is 0 Å². The highest BCUT2D eigenvalue weighted by molar-refractivity contribution is 5.74. The highest BCUT2D eigenvalue weighted by Gasteiger charge is 2.25. The summed E-state index contributed by atoms with van der Waals surface area (Å²) in [5.41, 5.74) is 1.36. The summed E-state index contributed by atoms with van der Waals surface area (Å²) in [5, 5.41) is 3.04. The maximum absolute atomic E-state index is 12.3. The van der Waals surface area contributed by atoms with Crippen LogP contribution >= 0.6 is 0 Å². The summed E-state index contributed by atoms with van der Waals surface area (Å²) in [5.74, 6) is 1.59. The average molecular weight is 326 g/mol. The molecule has 1 atom stereocenters. The van der Waals surface area contributed by atoms with Gasteiger partial charge in [-0.2, -0.15) is 0 Å². The highest BCUT2D eigenvalue weighted by atomic mass is 16.2. The van der Waals surface area contributed by atoms with Crippen molar-refractivity contribution in [1.29, 1.82) is 0 Å². The highest BCUT2D eigenvalue weighted by Crippen LogP contribution is 2.20. The van der Waals surface area contributed by atoms with Crippen LogP contribution in [-0.4, -0.2) is 40.1 Å². The van der Waals surface area contributed by atoms with Crippen LogP contribution in [0.4, 0.5) is 4.79 Å². The van der Waals surface area contributed by atoms with Gasteiger partial charge in [-0.25, -0.2) is 9.78 Å². The molecule has 0 radical (unpaired) electrons. The number of benzene rings is 1. The number of hydrogen-bond acceptors (Lipinski definition) is 2. The van der Waals surface area contributed by atoms with E-state index in [9.17, 15) is 4.79 Å². The third kappa shape index (κ3) is 4.37. The van der Waals surface area contributed by atoms with Crippen molar-refractivity contribution in [2.24, 2.45) is 5.92 Å². The monoisotopic (exact) mass is 326 g/mol. The number of amides is 2. The van der Waals surface area contributed by atoms with Crippen molar-refractivity contribution in [2.45, 2.75) is 32.7 Å². The molecule has 1 saturated heterocycles. The quantitative estimate of drug-likeness (QED) is 0.830. The first kappa shape index (κ1) is 16.6. The zero-order valence-corrected chi connectivity index (χ0v) is 14.3. The van der Waals surface area contributed by atoms with Gasteiger partial charge in [0.25, 0.3) is 0 Å². The lowest BCUT2D eigenvalue weighted by Crippen LogP contribution is -2.39. The van der Waals surface area contributed by atoms with Crippen molar-refractivity contribution in [1.82, 2.24) is 19.8 Å². The predicted octanol–water partition coefficient (Wildman–Crippen LogP) is 2.86. The number of aryl methyl sites for hydroxylation is 2. The maximum atomic E-state index is 12.3. The number of carbonyl (C=O) groups excluding carboxylic acids is 1. The Balaban J connectivity index is 1.36. The molecule has 24 heavy (non-hydrogen) atoms. The van der Waals surface area contributed by atoms with Crippen LogP contribution in [0.15, 0.2) is 42.7 Å². The lowest BCUT2D eigenvalue weighted by molar-refractivity contribution is 0.206. The molecule has 2 aromatic rings. The van der Waals surface area contributed by atoms with E-state index in [-0.39, 0.29) is 6.03 Å². The van der Waals surface area contributed by atoms with Gasteiger partial charge in [-0.15, -0.1) is 0 Å². The number of urea groups is 1. The largest absolute Gasteiger partial charge is 0.338 e. The Morgan fingerprint density at radius 2 is 2.17 bits per heavy atom. The Bertz CT molecular complexity index is 652. The number of carbonyl (C=O) groups is 1. The van der Waals surface area contributed by atoms with Crippen molar-refractivity contribution in [2.75, 3.05) is 19.6 Å². The van der Waals surface area contributed by atoms with E-state index < -0.39 is 0 Å². The second kappa shape index (κ2) is 7.99. The van der Waals surface area contributed by atoms with Gasteiger partial charge in [-0.1, -0.05) is 30.3 Å². The summed E-state index contributed by atoms with van der Waals surface area (Å²) in [4.78, 5) is 18.4. The summed E-state index contributed by atoms with van der Waals surface area (Å²) in [6, 6.07) is 10.6. The van der Waals surface area contributed by atoms with Crippen molar-refractivity contribution < 1.29 is 4.79 Å². The minimum Gasteiger partial charge on any atom is -0.338 e. The first-order valence-electron chi connectivity index (χ1n) is 8.77. The predicted molar refractivity (Wildman–Crippen MR) is 94.8 cm³/mol. The molecule has 0 aliphatic carbocycles. The van der Waals surface area contributed by atoms with Crippen LogP contribution in [0.25, 0.3) is 0 Å². The number of nitrogens with zero attached hydrogens (tertiary/aromatic N) is 3. The summed E-state index contributed by atoms with van der Waals surface area (Å²) in [6.07, 6.45) is 6.86. The fraction of sp³-hybridized carbons (Fsp3) is 0.474. The molecule has 0 bridgehead atoms. The molecule has 1 fully saturated rings. The molecule has 5 heteroatoms. The summed E-state index contributed by atoms with van der Waals surface area (Å²) in [7, 11) is 0. The van der Waals surface area contributed by atoms with Crippen molar-refractivity contribution in [3.63, 3.8) is 0 Å². The zero-order valence-electron chi connectivity index (χ0n) is 14.3. The molecule has 3 rings (SSSR count). The Kier molecular flexibility index (Phi) is 5.51. The lowest BCUT2D eigenvalue weighted by Gasteiger charge is -2.17. The normalized spacial score (nSPS) is 17.2. The van der Waals surface area contributed by atoms with E-state index in [0.29, 0.717) is 12.5 Å². The van der Waals surface area contributed by atoms with Crippen LogP contribution in [0.5, 0.6) is 0 Å². The first-order chi connectivity index (χ1) is 11.7. The van der Waals surface area contributed by atoms with Gasteiger partial charge in [-0.05, 0) is 37.7 Å². The van der Waals surface area contributed by atoms with Gasteiger partial charge in [0, 0.05) is 38.6 Å². The summed E-state index contributed by atoms with van der Waals surface area (Å²) < 4.78 is 2.11. The smallest absolute Gasteiger partial charge is 0.317 e. The number of aromatic nitrogens is 2. The summed E-state index contributed by atoms with van der Waals surface area (Å²) >= 11 is 0. The fourth-order valence-electron chi connectivity index (χ4n) is 3.33. The Morgan fingerprint density at radius 3 is 2.92 bits per heavy atom. The van der Waals surface area contributed by atoms with Crippen LogP contribution in [-0.2, 0) is 13.0 Å². The molecule has 128 valence electrons. The molecule has 2 amide bonds. The molecule has 1 aliphatic heterocycles. The maximum Gasteiger partial charge on any atom is 0.317 e. The molecular formula is C19H26N4O. The molecule has 5 nitrogen and oxygen atoms in total. The lowest BCUT2D eigenvalue weighted by atomic mass is 9.99. The van der Waals surface area contributed by atoms with Crippen LogP contribution < -0.4 is 5.32 Å². The molecule has 1 aromatic heterocycles. The molecule has 0 saturated carbocycles. The Labute approximate surface area is 143 Å². The molecule has 0 unspecified atom stereocenters. The standard InChI is InChI=1S/C19H26N4O/c1-16-20-10-13-22(16)11-5-9-21-19(24)23-12-8-18(15-23)14-17-6-3-2-4-7-17/h2-4,6-7,10,13,18H,5,8-9,11-12,14-15H2,1H3,(H,21,24)/t18-/m0/s1. The van der Waals surface area contributed by atoms with Crippen molar-refractivity contribution in [3.05, 3.63) is 54.1 Å².